The van der Waals surface area contributed by atoms with Gasteiger partial charge in [-0.15, -0.1) is 0 Å². The Kier molecular flexibility index (Phi) is 4.62. The predicted molar refractivity (Wildman–Crippen MR) is 130 cm³/mol. The van der Waals surface area contributed by atoms with E-state index in [2.05, 4.69) is 39.4 Å². The molecule has 2 atom stereocenters. The third-order valence-electron chi connectivity index (χ3n) is 5.74. The molecule has 1 spiro atoms. The molecule has 1 fully saturated rings. The summed E-state index contributed by atoms with van der Waals surface area (Å²) in [6.07, 6.45) is 2.63. The fraction of sp³-hybridized carbons (Fsp3) is 0.120. The first kappa shape index (κ1) is 19.6. The molecule has 6 rings (SSSR count). The van der Waals surface area contributed by atoms with Crippen molar-refractivity contribution in [2.75, 3.05) is 0 Å². The fourth-order valence-corrected chi connectivity index (χ4v) is 5.88. The molecule has 0 aromatic heterocycles. The molecule has 3 heterocycles. The number of thioether (sulfide) groups is 1. The molecule has 3 aromatic rings. The third-order valence-corrected chi connectivity index (χ3v) is 7.40. The van der Waals surface area contributed by atoms with Crippen LogP contribution < -0.4 is 10.1 Å². The molecule has 5 nitrogen and oxygen atoms in total. The quantitative estimate of drug-likeness (QED) is 0.468. The Labute approximate surface area is 198 Å². The molecule has 0 aliphatic carbocycles. The summed E-state index contributed by atoms with van der Waals surface area (Å²) >= 11 is 4.85. The zero-order chi connectivity index (χ0) is 21.7. The highest BCUT2D eigenvalue weighted by Gasteiger charge is 2.57. The smallest absolute Gasteiger partial charge is 0.336 e. The molecular weight excluding hydrogens is 486 g/mol. The van der Waals surface area contributed by atoms with Crippen LogP contribution in [0.1, 0.15) is 29.2 Å². The summed E-state index contributed by atoms with van der Waals surface area (Å²) in [6, 6.07) is 26.0. The SMILES string of the molecule is O=C1N[C@]2(Oc3ccccc3[C@@H]3CC(c4ccccc4)=NN32)S/C1=C\c1cccc(Br)c1. The number of nitrogens with one attached hydrogen (secondary N) is 1. The number of fused-ring (bicyclic) bond motifs is 4. The molecule has 0 radical (unpaired) electrons. The summed E-state index contributed by atoms with van der Waals surface area (Å²) in [5, 5.41) is 8.84. The van der Waals surface area contributed by atoms with Crippen LogP contribution in [0.15, 0.2) is 93.3 Å². The van der Waals surface area contributed by atoms with Gasteiger partial charge in [-0.05, 0) is 47.2 Å². The maximum atomic E-state index is 13.0. The minimum absolute atomic E-state index is 0.0202. The van der Waals surface area contributed by atoms with Crippen molar-refractivity contribution in [1.29, 1.82) is 0 Å². The van der Waals surface area contributed by atoms with E-state index in [1.165, 1.54) is 11.8 Å². The summed E-state index contributed by atoms with van der Waals surface area (Å²) in [6.45, 7) is 0. The lowest BCUT2D eigenvalue weighted by atomic mass is 9.97. The maximum absolute atomic E-state index is 13.0. The molecule has 3 aliphatic rings. The van der Waals surface area contributed by atoms with E-state index in [1.54, 1.807) is 0 Å². The standard InChI is InChI=1S/C25H18BrN3O2S/c26-18-10-6-7-16(13-18)14-23-24(30)27-25(32-23)29-21(19-11-4-5-12-22(19)31-25)15-20(28-29)17-8-2-1-3-9-17/h1-14,21H,15H2,(H,27,30)/b23-14-/t21-,25-/m0/s1. The zero-order valence-electron chi connectivity index (χ0n) is 16.9. The van der Waals surface area contributed by atoms with E-state index in [1.807, 2.05) is 71.7 Å². The van der Waals surface area contributed by atoms with Crippen LogP contribution in [0, 0.1) is 0 Å². The van der Waals surface area contributed by atoms with Crippen LogP contribution in [-0.4, -0.2) is 21.8 Å². The summed E-state index contributed by atoms with van der Waals surface area (Å²) in [7, 11) is 0. The number of para-hydroxylation sites is 1. The molecule has 1 N–H and O–H groups in total. The number of amides is 1. The zero-order valence-corrected chi connectivity index (χ0v) is 19.3. The van der Waals surface area contributed by atoms with Crippen LogP contribution >= 0.6 is 27.7 Å². The Morgan fingerprint density at radius 3 is 2.75 bits per heavy atom. The van der Waals surface area contributed by atoms with Gasteiger partial charge in [0.05, 0.1) is 16.7 Å². The van der Waals surface area contributed by atoms with Gasteiger partial charge in [-0.3, -0.25) is 10.1 Å². The monoisotopic (exact) mass is 503 g/mol. The van der Waals surface area contributed by atoms with Crippen molar-refractivity contribution < 1.29 is 9.53 Å². The fourth-order valence-electron chi connectivity index (χ4n) is 4.29. The van der Waals surface area contributed by atoms with Gasteiger partial charge in [0.2, 0.25) is 0 Å². The van der Waals surface area contributed by atoms with Crippen molar-refractivity contribution >= 4 is 45.4 Å². The minimum Gasteiger partial charge on any atom is -0.439 e. The molecule has 0 saturated carbocycles. The minimum atomic E-state index is -1.12. The molecule has 1 saturated heterocycles. The van der Waals surface area contributed by atoms with Gasteiger partial charge < -0.3 is 4.74 Å². The summed E-state index contributed by atoms with van der Waals surface area (Å²) in [4.78, 5) is 13.6. The largest absolute Gasteiger partial charge is 0.439 e. The Morgan fingerprint density at radius 2 is 1.91 bits per heavy atom. The van der Waals surface area contributed by atoms with Gasteiger partial charge in [-0.25, -0.2) is 5.01 Å². The summed E-state index contributed by atoms with van der Waals surface area (Å²) < 4.78 is 7.40. The second-order valence-corrected chi connectivity index (χ2v) is 9.93. The lowest BCUT2D eigenvalue weighted by Gasteiger charge is -2.43. The normalized spacial score (nSPS) is 24.7. The maximum Gasteiger partial charge on any atom is 0.336 e. The number of rotatable bonds is 2. The Hall–Kier alpha value is -3.03. The summed E-state index contributed by atoms with van der Waals surface area (Å²) in [5.74, 6) is 0.603. The molecular formula is C25H18BrN3O2S. The van der Waals surface area contributed by atoms with Crippen LogP contribution in [-0.2, 0) is 4.79 Å². The predicted octanol–water partition coefficient (Wildman–Crippen LogP) is 5.51. The van der Waals surface area contributed by atoms with Gasteiger partial charge in [0.1, 0.15) is 5.75 Å². The van der Waals surface area contributed by atoms with Crippen molar-refractivity contribution in [2.24, 2.45) is 5.10 Å². The second kappa shape index (κ2) is 7.53. The number of hydrogen-bond acceptors (Lipinski definition) is 5. The van der Waals surface area contributed by atoms with Gasteiger partial charge in [0.15, 0.2) is 0 Å². The molecule has 0 unspecified atom stereocenters. The van der Waals surface area contributed by atoms with E-state index in [9.17, 15) is 4.79 Å². The Bertz CT molecular complexity index is 1290. The topological polar surface area (TPSA) is 53.9 Å². The molecule has 3 aliphatic heterocycles. The van der Waals surface area contributed by atoms with Gasteiger partial charge >= 0.3 is 5.18 Å². The van der Waals surface area contributed by atoms with Crippen LogP contribution in [0.25, 0.3) is 6.08 Å². The first-order valence-electron chi connectivity index (χ1n) is 10.3. The van der Waals surface area contributed by atoms with E-state index in [-0.39, 0.29) is 11.9 Å². The molecule has 3 aromatic carbocycles. The number of hydrogen-bond donors (Lipinski definition) is 1. The Morgan fingerprint density at radius 1 is 1.09 bits per heavy atom. The van der Waals surface area contributed by atoms with E-state index in [0.717, 1.165) is 39.0 Å². The van der Waals surface area contributed by atoms with Crippen molar-refractivity contribution in [3.8, 4) is 5.75 Å². The van der Waals surface area contributed by atoms with E-state index < -0.39 is 5.18 Å². The van der Waals surface area contributed by atoms with Crippen LogP contribution in [0.2, 0.25) is 0 Å². The highest BCUT2D eigenvalue weighted by atomic mass is 79.9. The number of benzene rings is 3. The van der Waals surface area contributed by atoms with Crippen LogP contribution in [0.4, 0.5) is 0 Å². The van der Waals surface area contributed by atoms with E-state index in [4.69, 9.17) is 9.84 Å². The number of hydrazone groups is 1. The number of carbonyl (C=O) groups excluding carboxylic acids is 1. The first-order valence-corrected chi connectivity index (χ1v) is 11.9. The van der Waals surface area contributed by atoms with Crippen molar-refractivity contribution in [3.63, 3.8) is 0 Å². The van der Waals surface area contributed by atoms with Gasteiger partial charge in [0, 0.05) is 16.5 Å². The third kappa shape index (κ3) is 3.24. The second-order valence-electron chi connectivity index (χ2n) is 7.82. The van der Waals surface area contributed by atoms with Crippen molar-refractivity contribution in [1.82, 2.24) is 10.3 Å². The van der Waals surface area contributed by atoms with Gasteiger partial charge in [-0.2, -0.15) is 5.10 Å². The average Bonchev–Trinajstić information content (AvgIpc) is 3.38. The molecule has 0 bridgehead atoms. The lowest BCUT2D eigenvalue weighted by molar-refractivity contribution is -0.127. The number of carbonyl (C=O) groups is 1. The number of nitrogens with zero attached hydrogens (tertiary/aromatic N) is 2. The van der Waals surface area contributed by atoms with E-state index >= 15 is 0 Å². The Balaban J connectivity index is 1.43. The van der Waals surface area contributed by atoms with Gasteiger partial charge in [0.25, 0.3) is 5.91 Å². The summed E-state index contributed by atoms with van der Waals surface area (Å²) in [5.41, 5.74) is 4.08. The van der Waals surface area contributed by atoms with Crippen molar-refractivity contribution in [2.45, 2.75) is 17.6 Å². The number of ether oxygens (including phenoxy) is 1. The van der Waals surface area contributed by atoms with Crippen LogP contribution in [0.5, 0.6) is 5.75 Å². The lowest BCUT2D eigenvalue weighted by Crippen LogP contribution is -2.58. The average molecular weight is 504 g/mol. The number of halogens is 1. The first-order chi connectivity index (χ1) is 15.6. The highest BCUT2D eigenvalue weighted by Crippen LogP contribution is 2.53. The van der Waals surface area contributed by atoms with Gasteiger partial charge in [-0.1, -0.05) is 76.6 Å². The molecule has 1 amide bonds. The van der Waals surface area contributed by atoms with E-state index in [0.29, 0.717) is 4.91 Å². The molecule has 158 valence electrons. The molecule has 7 heteroatoms. The van der Waals surface area contributed by atoms with Crippen LogP contribution in [0.3, 0.4) is 0 Å². The molecule has 32 heavy (non-hydrogen) atoms. The highest BCUT2D eigenvalue weighted by molar-refractivity contribution is 9.10. The van der Waals surface area contributed by atoms with Crippen molar-refractivity contribution in [3.05, 3.63) is 105 Å².